The molecule has 1 unspecified atom stereocenters. The Morgan fingerprint density at radius 3 is 2.53 bits per heavy atom. The summed E-state index contributed by atoms with van der Waals surface area (Å²) in [7, 11) is 0. The van der Waals surface area contributed by atoms with Crippen molar-refractivity contribution < 1.29 is 4.79 Å². The molecule has 0 aliphatic rings. The van der Waals surface area contributed by atoms with Crippen molar-refractivity contribution >= 4 is 5.91 Å². The van der Waals surface area contributed by atoms with E-state index in [-0.39, 0.29) is 5.91 Å². The van der Waals surface area contributed by atoms with Gasteiger partial charge < -0.3 is 10.6 Å². The zero-order valence-corrected chi connectivity index (χ0v) is 9.92. The maximum Gasteiger partial charge on any atom is 0.242 e. The van der Waals surface area contributed by atoms with E-state index in [1.54, 1.807) is 11.8 Å². The number of carbonyl (C=O) groups is 1. The average Bonchev–Trinajstić information content (AvgIpc) is 2.18. The maximum atomic E-state index is 12.0. The van der Waals surface area contributed by atoms with Gasteiger partial charge in [-0.1, -0.05) is 13.3 Å². The molecule has 0 aromatic heterocycles. The molecule has 0 spiro atoms. The van der Waals surface area contributed by atoms with E-state index in [0.717, 1.165) is 6.42 Å². The van der Waals surface area contributed by atoms with E-state index >= 15 is 0 Å². The van der Waals surface area contributed by atoms with Crippen LogP contribution in [0.3, 0.4) is 0 Å². The number of hydrogen-bond donors (Lipinski definition) is 1. The Hall–Kier alpha value is -1.08. The summed E-state index contributed by atoms with van der Waals surface area (Å²) < 4.78 is 0. The molecule has 15 heavy (non-hydrogen) atoms. The molecule has 4 nitrogen and oxygen atoms in total. The third kappa shape index (κ3) is 4.30. The van der Waals surface area contributed by atoms with Gasteiger partial charge in [-0.05, 0) is 20.3 Å². The minimum atomic E-state index is -0.791. The molecule has 0 radical (unpaired) electrons. The van der Waals surface area contributed by atoms with Crippen molar-refractivity contribution in [1.82, 2.24) is 4.90 Å². The number of nitrogens with two attached hydrogens (primary N) is 1. The molecule has 0 heterocycles. The molecule has 86 valence electrons. The fourth-order valence-electron chi connectivity index (χ4n) is 1.58. The predicted octanol–water partition coefficient (Wildman–Crippen LogP) is 1.27. The van der Waals surface area contributed by atoms with Crippen molar-refractivity contribution in [2.24, 2.45) is 5.73 Å². The van der Waals surface area contributed by atoms with Gasteiger partial charge in [0, 0.05) is 13.1 Å². The van der Waals surface area contributed by atoms with Crippen LogP contribution in [0.2, 0.25) is 0 Å². The van der Waals surface area contributed by atoms with Crippen LogP contribution in [-0.2, 0) is 4.79 Å². The lowest BCUT2D eigenvalue weighted by molar-refractivity contribution is -0.136. The molecule has 0 saturated carbocycles. The summed E-state index contributed by atoms with van der Waals surface area (Å²) in [5.41, 5.74) is 5.15. The summed E-state index contributed by atoms with van der Waals surface area (Å²) in [5.74, 6) is -0.0536. The van der Waals surface area contributed by atoms with E-state index in [1.807, 2.05) is 19.9 Å². The molecular formula is C11H21N3O. The summed E-state index contributed by atoms with van der Waals surface area (Å²) in [6.45, 7) is 6.74. The predicted molar refractivity (Wildman–Crippen MR) is 60.0 cm³/mol. The number of nitrogens with zero attached hydrogens (tertiary/aromatic N) is 2. The maximum absolute atomic E-state index is 12.0. The Balaban J connectivity index is 4.43. The number of rotatable bonds is 6. The second kappa shape index (κ2) is 6.41. The van der Waals surface area contributed by atoms with Crippen molar-refractivity contribution in [2.45, 2.75) is 45.6 Å². The van der Waals surface area contributed by atoms with E-state index in [1.165, 1.54) is 0 Å². The number of carbonyl (C=O) groups excluding carboxylic acids is 1. The van der Waals surface area contributed by atoms with E-state index < -0.39 is 5.54 Å². The second-order valence-corrected chi connectivity index (χ2v) is 3.96. The van der Waals surface area contributed by atoms with Gasteiger partial charge in [-0.2, -0.15) is 5.26 Å². The quantitative estimate of drug-likeness (QED) is 0.719. The van der Waals surface area contributed by atoms with Gasteiger partial charge in [0.2, 0.25) is 5.91 Å². The minimum absolute atomic E-state index is 0.0536. The van der Waals surface area contributed by atoms with Crippen LogP contribution >= 0.6 is 0 Å². The van der Waals surface area contributed by atoms with Crippen LogP contribution in [0.5, 0.6) is 0 Å². The minimum Gasteiger partial charge on any atom is -0.340 e. The van der Waals surface area contributed by atoms with Crippen molar-refractivity contribution in [2.75, 3.05) is 13.1 Å². The topological polar surface area (TPSA) is 70.1 Å². The smallest absolute Gasteiger partial charge is 0.242 e. The first-order chi connectivity index (χ1) is 6.99. The molecule has 0 bridgehead atoms. The highest BCUT2D eigenvalue weighted by Gasteiger charge is 2.30. The molecule has 4 heteroatoms. The summed E-state index contributed by atoms with van der Waals surface area (Å²) >= 11 is 0. The third-order valence-corrected chi connectivity index (χ3v) is 2.42. The van der Waals surface area contributed by atoms with Crippen molar-refractivity contribution in [3.8, 4) is 6.07 Å². The van der Waals surface area contributed by atoms with Crippen molar-refractivity contribution in [1.29, 1.82) is 5.26 Å². The van der Waals surface area contributed by atoms with Crippen LogP contribution in [0.25, 0.3) is 0 Å². The van der Waals surface area contributed by atoms with E-state index in [9.17, 15) is 4.79 Å². The van der Waals surface area contributed by atoms with Gasteiger partial charge in [0.05, 0.1) is 18.0 Å². The van der Waals surface area contributed by atoms with Gasteiger partial charge in [-0.15, -0.1) is 0 Å². The molecule has 0 aliphatic carbocycles. The Morgan fingerprint density at radius 1 is 1.53 bits per heavy atom. The van der Waals surface area contributed by atoms with Gasteiger partial charge in [0.1, 0.15) is 0 Å². The molecule has 1 atom stereocenters. The lowest BCUT2D eigenvalue weighted by atomic mass is 9.95. The fourth-order valence-corrected chi connectivity index (χ4v) is 1.58. The molecule has 0 saturated heterocycles. The average molecular weight is 211 g/mol. The van der Waals surface area contributed by atoms with Crippen LogP contribution in [-0.4, -0.2) is 29.4 Å². The Morgan fingerprint density at radius 2 is 2.13 bits per heavy atom. The van der Waals surface area contributed by atoms with Crippen LogP contribution < -0.4 is 5.73 Å². The number of nitriles is 1. The zero-order chi connectivity index (χ0) is 11.9. The summed E-state index contributed by atoms with van der Waals surface area (Å²) in [6, 6.07) is 2.04. The number of amides is 1. The van der Waals surface area contributed by atoms with E-state index in [4.69, 9.17) is 11.0 Å². The summed E-state index contributed by atoms with van der Waals surface area (Å²) in [4.78, 5) is 13.6. The lowest BCUT2D eigenvalue weighted by Crippen LogP contribution is -2.53. The van der Waals surface area contributed by atoms with E-state index in [2.05, 4.69) is 0 Å². The molecule has 0 fully saturated rings. The highest BCUT2D eigenvalue weighted by Crippen LogP contribution is 2.12. The Labute approximate surface area is 92.0 Å². The SMILES string of the molecule is CCCC(C)(N)C(=O)N(CC)CCC#N. The highest BCUT2D eigenvalue weighted by atomic mass is 16.2. The normalized spacial score (nSPS) is 14.1. The van der Waals surface area contributed by atoms with Crippen LogP contribution in [0.15, 0.2) is 0 Å². The largest absolute Gasteiger partial charge is 0.340 e. The van der Waals surface area contributed by atoms with Crippen LogP contribution in [0, 0.1) is 11.3 Å². The van der Waals surface area contributed by atoms with Crippen molar-refractivity contribution in [3.05, 3.63) is 0 Å². The van der Waals surface area contributed by atoms with Crippen molar-refractivity contribution in [3.63, 3.8) is 0 Å². The molecule has 0 rings (SSSR count). The highest BCUT2D eigenvalue weighted by molar-refractivity contribution is 5.85. The van der Waals surface area contributed by atoms with Gasteiger partial charge in [-0.3, -0.25) is 4.79 Å². The second-order valence-electron chi connectivity index (χ2n) is 3.96. The summed E-state index contributed by atoms with van der Waals surface area (Å²) in [5, 5.41) is 8.48. The van der Waals surface area contributed by atoms with Gasteiger partial charge >= 0.3 is 0 Å². The molecule has 0 aliphatic heterocycles. The van der Waals surface area contributed by atoms with Gasteiger partial charge in [0.25, 0.3) is 0 Å². The monoisotopic (exact) mass is 211 g/mol. The van der Waals surface area contributed by atoms with Crippen LogP contribution in [0.4, 0.5) is 0 Å². The molecule has 2 N–H and O–H groups in total. The van der Waals surface area contributed by atoms with E-state index in [0.29, 0.717) is 25.9 Å². The van der Waals surface area contributed by atoms with Gasteiger partial charge in [-0.25, -0.2) is 0 Å². The Bertz CT molecular complexity index is 243. The third-order valence-electron chi connectivity index (χ3n) is 2.42. The molecular weight excluding hydrogens is 190 g/mol. The first-order valence-corrected chi connectivity index (χ1v) is 5.44. The van der Waals surface area contributed by atoms with Gasteiger partial charge in [0.15, 0.2) is 0 Å². The number of likely N-dealkylation sites (N-methyl/N-ethyl adjacent to an activating group) is 1. The standard InChI is InChI=1S/C11H21N3O/c1-4-7-11(3,13)10(15)14(5-2)9-6-8-12/h4-7,9,13H2,1-3H3. The first-order valence-electron chi connectivity index (χ1n) is 5.44. The first kappa shape index (κ1) is 13.9. The lowest BCUT2D eigenvalue weighted by Gasteiger charge is -2.30. The fraction of sp³-hybridized carbons (Fsp3) is 0.818. The Kier molecular flexibility index (Phi) is 5.95. The van der Waals surface area contributed by atoms with Crippen LogP contribution in [0.1, 0.15) is 40.0 Å². The zero-order valence-electron chi connectivity index (χ0n) is 9.92. The molecule has 0 aromatic rings. The summed E-state index contributed by atoms with van der Waals surface area (Å²) in [6.07, 6.45) is 1.92. The number of hydrogen-bond acceptors (Lipinski definition) is 3. The molecule has 0 aromatic carbocycles. The molecule has 1 amide bonds.